The third kappa shape index (κ3) is 3.44. The van der Waals surface area contributed by atoms with Gasteiger partial charge in [-0.1, -0.05) is 42.0 Å². The number of aryl methyl sites for hydroxylation is 1. The minimum Gasteiger partial charge on any atom is -0.496 e. The van der Waals surface area contributed by atoms with E-state index >= 15 is 0 Å². The standard InChI is InChI=1S/C26H24N4O4/c1-16-9-11-17(12-10-16)15-29-25(31)18-7-5-6-8-20(18)30-24(27-28-26(29)30)19-13-22(33-3)23(34-4)14-21(19)32-2/h5-14H,15H2,1-4H3. The van der Waals surface area contributed by atoms with Crippen LogP contribution >= 0.6 is 0 Å². The molecular formula is C26H24N4O4. The van der Waals surface area contributed by atoms with Crippen LogP contribution in [0.1, 0.15) is 11.1 Å². The molecule has 0 saturated carbocycles. The summed E-state index contributed by atoms with van der Waals surface area (Å²) in [6, 6.07) is 19.1. The fraction of sp³-hybridized carbons (Fsp3) is 0.192. The summed E-state index contributed by atoms with van der Waals surface area (Å²) in [5.41, 5.74) is 3.41. The molecule has 2 aromatic heterocycles. The van der Waals surface area contributed by atoms with Crippen molar-refractivity contribution in [1.29, 1.82) is 0 Å². The molecule has 5 rings (SSSR count). The van der Waals surface area contributed by atoms with Gasteiger partial charge in [-0.15, -0.1) is 10.2 Å². The Morgan fingerprint density at radius 2 is 1.50 bits per heavy atom. The smallest absolute Gasteiger partial charge is 0.263 e. The lowest BCUT2D eigenvalue weighted by molar-refractivity contribution is 0.349. The number of ether oxygens (including phenoxy) is 3. The molecule has 0 aliphatic carbocycles. The summed E-state index contributed by atoms with van der Waals surface area (Å²) in [6.07, 6.45) is 0. The van der Waals surface area contributed by atoms with Crippen molar-refractivity contribution in [2.75, 3.05) is 21.3 Å². The Morgan fingerprint density at radius 3 is 2.21 bits per heavy atom. The first-order valence-corrected chi connectivity index (χ1v) is 10.8. The maximum absolute atomic E-state index is 13.5. The average molecular weight is 457 g/mol. The number of aromatic nitrogens is 4. The molecule has 8 nitrogen and oxygen atoms in total. The third-order valence-corrected chi connectivity index (χ3v) is 5.92. The van der Waals surface area contributed by atoms with Crippen LogP contribution in [0.2, 0.25) is 0 Å². The van der Waals surface area contributed by atoms with Gasteiger partial charge in [0.25, 0.3) is 5.56 Å². The first-order chi connectivity index (χ1) is 16.5. The quantitative estimate of drug-likeness (QED) is 0.383. The van der Waals surface area contributed by atoms with E-state index < -0.39 is 0 Å². The maximum atomic E-state index is 13.5. The number of hydrogen-bond donors (Lipinski definition) is 0. The van der Waals surface area contributed by atoms with Gasteiger partial charge in [0.2, 0.25) is 5.78 Å². The van der Waals surface area contributed by atoms with Gasteiger partial charge in [-0.05, 0) is 30.7 Å². The van der Waals surface area contributed by atoms with Gasteiger partial charge in [0.05, 0.1) is 44.3 Å². The van der Waals surface area contributed by atoms with E-state index in [1.165, 1.54) is 0 Å². The number of nitrogens with zero attached hydrogens (tertiary/aromatic N) is 4. The second-order valence-corrected chi connectivity index (χ2v) is 7.96. The van der Waals surface area contributed by atoms with Crippen LogP contribution in [-0.4, -0.2) is 40.5 Å². The Balaban J connectivity index is 1.82. The molecule has 0 fully saturated rings. The summed E-state index contributed by atoms with van der Waals surface area (Å²) in [5.74, 6) is 2.59. The highest BCUT2D eigenvalue weighted by atomic mass is 16.5. The van der Waals surface area contributed by atoms with Crippen molar-refractivity contribution in [2.24, 2.45) is 0 Å². The molecule has 2 heterocycles. The van der Waals surface area contributed by atoms with Crippen molar-refractivity contribution in [1.82, 2.24) is 19.2 Å². The molecule has 3 aromatic carbocycles. The summed E-state index contributed by atoms with van der Waals surface area (Å²) in [4.78, 5) is 13.5. The van der Waals surface area contributed by atoms with Crippen molar-refractivity contribution in [2.45, 2.75) is 13.5 Å². The molecule has 34 heavy (non-hydrogen) atoms. The van der Waals surface area contributed by atoms with E-state index in [1.54, 1.807) is 38.0 Å². The second-order valence-electron chi connectivity index (χ2n) is 7.96. The number of hydrogen-bond acceptors (Lipinski definition) is 6. The Kier molecular flexibility index (Phi) is 5.41. The molecule has 0 aliphatic rings. The summed E-state index contributed by atoms with van der Waals surface area (Å²) in [7, 11) is 4.73. The minimum atomic E-state index is -0.123. The molecular weight excluding hydrogens is 432 g/mol. The highest BCUT2D eigenvalue weighted by Crippen LogP contribution is 2.40. The van der Waals surface area contributed by atoms with E-state index in [-0.39, 0.29) is 5.56 Å². The van der Waals surface area contributed by atoms with Crippen molar-refractivity contribution in [3.63, 3.8) is 0 Å². The number of methoxy groups -OCH3 is 3. The molecule has 172 valence electrons. The van der Waals surface area contributed by atoms with E-state index in [0.29, 0.717) is 51.9 Å². The summed E-state index contributed by atoms with van der Waals surface area (Å²) >= 11 is 0. The molecule has 0 amide bonds. The van der Waals surface area contributed by atoms with Gasteiger partial charge >= 0.3 is 0 Å². The normalized spacial score (nSPS) is 11.2. The van der Waals surface area contributed by atoms with Gasteiger partial charge < -0.3 is 14.2 Å². The van der Waals surface area contributed by atoms with E-state index in [0.717, 1.165) is 11.1 Å². The molecule has 0 unspecified atom stereocenters. The molecule has 0 radical (unpaired) electrons. The Bertz CT molecular complexity index is 1570. The summed E-state index contributed by atoms with van der Waals surface area (Å²) < 4.78 is 20.1. The summed E-state index contributed by atoms with van der Waals surface area (Å²) in [5, 5.41) is 9.50. The van der Waals surface area contributed by atoms with Crippen molar-refractivity contribution < 1.29 is 14.2 Å². The first kappa shape index (κ1) is 21.5. The highest BCUT2D eigenvalue weighted by molar-refractivity contribution is 5.83. The van der Waals surface area contributed by atoms with Gasteiger partial charge in [-0.3, -0.25) is 13.8 Å². The van der Waals surface area contributed by atoms with Crippen LogP contribution < -0.4 is 19.8 Å². The maximum Gasteiger partial charge on any atom is 0.263 e. The minimum absolute atomic E-state index is 0.123. The molecule has 0 N–H and O–H groups in total. The topological polar surface area (TPSA) is 79.9 Å². The summed E-state index contributed by atoms with van der Waals surface area (Å²) in [6.45, 7) is 2.40. The second kappa shape index (κ2) is 8.55. The molecule has 0 spiro atoms. The molecule has 0 saturated heterocycles. The first-order valence-electron chi connectivity index (χ1n) is 10.8. The van der Waals surface area contributed by atoms with E-state index in [1.807, 2.05) is 59.9 Å². The van der Waals surface area contributed by atoms with Gasteiger partial charge in [0, 0.05) is 6.07 Å². The van der Waals surface area contributed by atoms with Crippen LogP contribution in [0.3, 0.4) is 0 Å². The van der Waals surface area contributed by atoms with Crippen LogP contribution in [0.5, 0.6) is 17.2 Å². The Morgan fingerprint density at radius 1 is 0.824 bits per heavy atom. The van der Waals surface area contributed by atoms with Crippen LogP contribution in [0.25, 0.3) is 28.1 Å². The number of fused-ring (bicyclic) bond motifs is 3. The number of rotatable bonds is 6. The van der Waals surface area contributed by atoms with Gasteiger partial charge in [0.1, 0.15) is 5.75 Å². The van der Waals surface area contributed by atoms with Gasteiger partial charge in [-0.25, -0.2) is 0 Å². The Labute approximate surface area is 196 Å². The Hall–Kier alpha value is -4.33. The average Bonchev–Trinajstić information content (AvgIpc) is 3.31. The monoisotopic (exact) mass is 456 g/mol. The van der Waals surface area contributed by atoms with Crippen LogP contribution in [-0.2, 0) is 6.54 Å². The number of para-hydroxylation sites is 1. The van der Waals surface area contributed by atoms with Crippen LogP contribution in [0, 0.1) is 6.92 Å². The zero-order valence-corrected chi connectivity index (χ0v) is 19.4. The van der Waals surface area contributed by atoms with Gasteiger partial charge in [0.15, 0.2) is 17.3 Å². The predicted octanol–water partition coefficient (Wildman–Crippen LogP) is 4.09. The zero-order chi connectivity index (χ0) is 23.8. The molecule has 0 bridgehead atoms. The molecule has 8 heteroatoms. The lowest BCUT2D eigenvalue weighted by Crippen LogP contribution is -2.24. The van der Waals surface area contributed by atoms with E-state index in [4.69, 9.17) is 14.2 Å². The third-order valence-electron chi connectivity index (χ3n) is 5.92. The van der Waals surface area contributed by atoms with Crippen molar-refractivity contribution in [3.8, 4) is 28.6 Å². The highest BCUT2D eigenvalue weighted by Gasteiger charge is 2.22. The fourth-order valence-electron chi connectivity index (χ4n) is 4.16. The fourth-order valence-corrected chi connectivity index (χ4v) is 4.16. The van der Waals surface area contributed by atoms with Crippen molar-refractivity contribution >= 4 is 16.7 Å². The van der Waals surface area contributed by atoms with E-state index in [2.05, 4.69) is 10.2 Å². The van der Waals surface area contributed by atoms with E-state index in [9.17, 15) is 4.79 Å². The van der Waals surface area contributed by atoms with Crippen LogP contribution in [0.15, 0.2) is 65.5 Å². The molecule has 0 atom stereocenters. The SMILES string of the molecule is COc1cc(OC)c(-c2nnc3n(Cc4ccc(C)cc4)c(=O)c4ccccc4n23)cc1OC. The number of benzene rings is 3. The van der Waals surface area contributed by atoms with Gasteiger partial charge in [-0.2, -0.15) is 0 Å². The molecule has 0 aliphatic heterocycles. The van der Waals surface area contributed by atoms with Crippen LogP contribution in [0.4, 0.5) is 0 Å². The zero-order valence-electron chi connectivity index (χ0n) is 19.4. The predicted molar refractivity (Wildman–Crippen MR) is 130 cm³/mol. The lowest BCUT2D eigenvalue weighted by atomic mass is 10.1. The van der Waals surface area contributed by atoms with Crippen molar-refractivity contribution in [3.05, 3.63) is 82.1 Å². The largest absolute Gasteiger partial charge is 0.496 e. The molecule has 5 aromatic rings. The lowest BCUT2D eigenvalue weighted by Gasteiger charge is -2.15.